The fourth-order valence-electron chi connectivity index (χ4n) is 2.33. The van der Waals surface area contributed by atoms with Crippen LogP contribution in [0.4, 0.5) is 11.4 Å². The predicted molar refractivity (Wildman–Crippen MR) is 87.2 cm³/mol. The molecule has 1 aromatic carbocycles. The highest BCUT2D eigenvalue weighted by molar-refractivity contribution is 7.99. The van der Waals surface area contributed by atoms with Crippen LogP contribution in [-0.2, 0) is 4.79 Å². The van der Waals surface area contributed by atoms with Crippen LogP contribution >= 0.6 is 11.8 Å². The number of hydrogen-bond acceptors (Lipinski definition) is 4. The Hall–Kier alpha value is -1.20. The number of carbonyl (C=O) groups excluding carboxylic acids is 1. The van der Waals surface area contributed by atoms with Crippen LogP contribution in [0.3, 0.4) is 0 Å². The molecule has 0 aliphatic carbocycles. The van der Waals surface area contributed by atoms with Crippen molar-refractivity contribution in [1.82, 2.24) is 4.90 Å². The van der Waals surface area contributed by atoms with E-state index in [2.05, 4.69) is 17.3 Å². The molecule has 1 fully saturated rings. The van der Waals surface area contributed by atoms with Crippen molar-refractivity contribution < 1.29 is 4.79 Å². The first-order chi connectivity index (χ1) is 9.58. The van der Waals surface area contributed by atoms with E-state index < -0.39 is 0 Å². The molecule has 0 bridgehead atoms. The Labute approximate surface area is 125 Å². The van der Waals surface area contributed by atoms with Crippen molar-refractivity contribution in [2.24, 2.45) is 0 Å². The minimum Gasteiger partial charge on any atom is -0.398 e. The number of nitrogen functional groups attached to an aromatic ring is 1. The Morgan fingerprint density at radius 1 is 1.55 bits per heavy atom. The predicted octanol–water partition coefficient (Wildman–Crippen LogP) is 2.34. The molecule has 5 heteroatoms. The molecule has 1 atom stereocenters. The number of nitrogens with zero attached hydrogens (tertiary/aromatic N) is 1. The van der Waals surface area contributed by atoms with E-state index >= 15 is 0 Å². The molecule has 3 N–H and O–H groups in total. The van der Waals surface area contributed by atoms with Crippen molar-refractivity contribution in [3.05, 3.63) is 23.8 Å². The van der Waals surface area contributed by atoms with Crippen LogP contribution in [0, 0.1) is 6.92 Å². The second-order valence-electron chi connectivity index (χ2n) is 5.32. The summed E-state index contributed by atoms with van der Waals surface area (Å²) in [6.45, 7) is 2.73. The summed E-state index contributed by atoms with van der Waals surface area (Å²) < 4.78 is 0. The van der Waals surface area contributed by atoms with Crippen molar-refractivity contribution in [2.45, 2.75) is 25.8 Å². The van der Waals surface area contributed by atoms with Gasteiger partial charge in [0.25, 0.3) is 0 Å². The largest absolute Gasteiger partial charge is 0.398 e. The molecule has 110 valence electrons. The van der Waals surface area contributed by atoms with E-state index in [-0.39, 0.29) is 5.91 Å². The van der Waals surface area contributed by atoms with Gasteiger partial charge < -0.3 is 16.0 Å². The summed E-state index contributed by atoms with van der Waals surface area (Å²) in [5.41, 5.74) is 8.30. The van der Waals surface area contributed by atoms with Crippen molar-refractivity contribution >= 4 is 29.0 Å². The second kappa shape index (κ2) is 6.99. The summed E-state index contributed by atoms with van der Waals surface area (Å²) in [6, 6.07) is 6.22. The van der Waals surface area contributed by atoms with Crippen LogP contribution in [0.15, 0.2) is 18.2 Å². The average Bonchev–Trinajstić information content (AvgIpc) is 2.95. The van der Waals surface area contributed by atoms with Crippen LogP contribution in [0.5, 0.6) is 0 Å². The van der Waals surface area contributed by atoms with E-state index in [1.807, 2.05) is 36.9 Å². The minimum atomic E-state index is 0.0520. The van der Waals surface area contributed by atoms with Crippen LogP contribution in [0.25, 0.3) is 0 Å². The first kappa shape index (κ1) is 15.2. The van der Waals surface area contributed by atoms with Gasteiger partial charge in [0.2, 0.25) is 5.91 Å². The number of nitrogens with two attached hydrogens (primary N) is 1. The van der Waals surface area contributed by atoms with E-state index in [9.17, 15) is 4.79 Å². The Bertz CT molecular complexity index is 472. The molecule has 1 amide bonds. The zero-order valence-corrected chi connectivity index (χ0v) is 13.0. The molecule has 0 radical (unpaired) electrons. The third kappa shape index (κ3) is 3.90. The van der Waals surface area contributed by atoms with Crippen LogP contribution in [-0.4, -0.2) is 41.9 Å². The lowest BCUT2D eigenvalue weighted by Crippen LogP contribution is -2.34. The van der Waals surface area contributed by atoms with Gasteiger partial charge in [-0.05, 0) is 43.8 Å². The zero-order valence-electron chi connectivity index (χ0n) is 12.2. The lowest BCUT2D eigenvalue weighted by atomic mass is 10.1. The summed E-state index contributed by atoms with van der Waals surface area (Å²) in [7, 11) is 2.11. The fourth-order valence-corrected chi connectivity index (χ4v) is 3.63. The SMILES string of the molecule is Cc1c(N)cccc1NC(=O)CCN(C)C1CCSC1. The maximum atomic E-state index is 12.0. The first-order valence-corrected chi connectivity index (χ1v) is 8.16. The Morgan fingerprint density at radius 3 is 3.05 bits per heavy atom. The highest BCUT2D eigenvalue weighted by Gasteiger charge is 2.20. The maximum absolute atomic E-state index is 12.0. The Kier molecular flexibility index (Phi) is 5.31. The van der Waals surface area contributed by atoms with E-state index in [1.165, 1.54) is 17.9 Å². The van der Waals surface area contributed by atoms with E-state index in [4.69, 9.17) is 5.73 Å². The number of rotatable bonds is 5. The molecule has 0 saturated carbocycles. The van der Waals surface area contributed by atoms with E-state index in [1.54, 1.807) is 0 Å². The van der Waals surface area contributed by atoms with Gasteiger partial charge in [-0.3, -0.25) is 4.79 Å². The quantitative estimate of drug-likeness (QED) is 0.818. The smallest absolute Gasteiger partial charge is 0.225 e. The number of benzene rings is 1. The van der Waals surface area contributed by atoms with E-state index in [0.29, 0.717) is 18.2 Å². The molecule has 2 rings (SSSR count). The number of nitrogens with one attached hydrogen (secondary N) is 1. The molecule has 1 aliphatic heterocycles. The fraction of sp³-hybridized carbons (Fsp3) is 0.533. The van der Waals surface area contributed by atoms with Gasteiger partial charge in [-0.15, -0.1) is 0 Å². The number of hydrogen-bond donors (Lipinski definition) is 2. The summed E-state index contributed by atoms with van der Waals surface area (Å²) >= 11 is 1.99. The molecular formula is C15H23N3OS. The Balaban J connectivity index is 1.81. The van der Waals surface area contributed by atoms with Crippen molar-refractivity contribution in [2.75, 3.05) is 36.1 Å². The molecule has 1 unspecified atom stereocenters. The molecule has 1 heterocycles. The van der Waals surface area contributed by atoms with Gasteiger partial charge in [-0.1, -0.05) is 6.07 Å². The van der Waals surface area contributed by atoms with Crippen molar-refractivity contribution in [3.8, 4) is 0 Å². The minimum absolute atomic E-state index is 0.0520. The maximum Gasteiger partial charge on any atom is 0.225 e. The molecule has 1 aromatic rings. The molecule has 0 aromatic heterocycles. The van der Waals surface area contributed by atoms with Gasteiger partial charge in [0.15, 0.2) is 0 Å². The molecule has 1 saturated heterocycles. The van der Waals surface area contributed by atoms with Gasteiger partial charge in [-0.2, -0.15) is 11.8 Å². The van der Waals surface area contributed by atoms with Crippen LogP contribution in [0.1, 0.15) is 18.4 Å². The zero-order chi connectivity index (χ0) is 14.5. The number of anilines is 2. The Morgan fingerprint density at radius 2 is 2.35 bits per heavy atom. The lowest BCUT2D eigenvalue weighted by Gasteiger charge is -2.23. The number of amides is 1. The molecule has 20 heavy (non-hydrogen) atoms. The third-order valence-corrected chi connectivity index (χ3v) is 5.02. The topological polar surface area (TPSA) is 58.4 Å². The number of thioether (sulfide) groups is 1. The normalized spacial score (nSPS) is 18.4. The van der Waals surface area contributed by atoms with Gasteiger partial charge >= 0.3 is 0 Å². The summed E-state index contributed by atoms with van der Waals surface area (Å²) in [6.07, 6.45) is 1.75. The van der Waals surface area contributed by atoms with Gasteiger partial charge in [0, 0.05) is 36.1 Å². The van der Waals surface area contributed by atoms with Crippen LogP contribution < -0.4 is 11.1 Å². The van der Waals surface area contributed by atoms with Gasteiger partial charge in [0.05, 0.1) is 0 Å². The second-order valence-corrected chi connectivity index (χ2v) is 6.47. The highest BCUT2D eigenvalue weighted by Crippen LogP contribution is 2.22. The molecular weight excluding hydrogens is 270 g/mol. The third-order valence-electron chi connectivity index (χ3n) is 3.87. The van der Waals surface area contributed by atoms with Crippen LogP contribution in [0.2, 0.25) is 0 Å². The summed E-state index contributed by atoms with van der Waals surface area (Å²) in [5, 5.41) is 2.95. The monoisotopic (exact) mass is 293 g/mol. The summed E-state index contributed by atoms with van der Waals surface area (Å²) in [4.78, 5) is 14.3. The van der Waals surface area contributed by atoms with Gasteiger partial charge in [-0.25, -0.2) is 0 Å². The molecule has 1 aliphatic rings. The van der Waals surface area contributed by atoms with Crippen molar-refractivity contribution in [3.63, 3.8) is 0 Å². The van der Waals surface area contributed by atoms with Gasteiger partial charge in [0.1, 0.15) is 0 Å². The standard InChI is InChI=1S/C15H23N3OS/c1-11-13(16)4-3-5-14(11)17-15(19)6-8-18(2)12-7-9-20-10-12/h3-5,12H,6-10,16H2,1-2H3,(H,17,19). The number of carbonyl (C=O) groups is 1. The van der Waals surface area contributed by atoms with Crippen molar-refractivity contribution in [1.29, 1.82) is 0 Å². The molecule has 4 nitrogen and oxygen atoms in total. The average molecular weight is 293 g/mol. The molecule has 0 spiro atoms. The first-order valence-electron chi connectivity index (χ1n) is 7.01. The highest BCUT2D eigenvalue weighted by atomic mass is 32.2. The summed E-state index contributed by atoms with van der Waals surface area (Å²) in [5.74, 6) is 2.48. The lowest BCUT2D eigenvalue weighted by molar-refractivity contribution is -0.116. The van der Waals surface area contributed by atoms with E-state index in [0.717, 1.165) is 17.8 Å².